The first-order chi connectivity index (χ1) is 14.2. The number of non-ortho nitro benzene ring substituents is 1. The molecule has 3 rings (SSSR count). The average Bonchev–Trinajstić information content (AvgIpc) is 3.07. The number of hydrogen-bond acceptors (Lipinski definition) is 7. The summed E-state index contributed by atoms with van der Waals surface area (Å²) in [4.78, 5) is 42.2. The van der Waals surface area contributed by atoms with Crippen LogP contribution in [0.25, 0.3) is 0 Å². The molecule has 3 atom stereocenters. The Labute approximate surface area is 174 Å². The summed E-state index contributed by atoms with van der Waals surface area (Å²) in [6.07, 6.45) is 1.89. The van der Waals surface area contributed by atoms with E-state index in [1.807, 2.05) is 13.8 Å². The summed E-state index contributed by atoms with van der Waals surface area (Å²) < 4.78 is 11.2. The van der Waals surface area contributed by atoms with E-state index in [0.717, 1.165) is 0 Å². The number of fused-ring (bicyclic) bond motifs is 1. The molecule has 0 N–H and O–H groups in total. The number of amides is 1. The van der Waals surface area contributed by atoms with Gasteiger partial charge in [-0.3, -0.25) is 14.9 Å². The third-order valence-electron chi connectivity index (χ3n) is 5.54. The van der Waals surface area contributed by atoms with E-state index in [-0.39, 0.29) is 29.6 Å². The number of nitrogens with zero attached hydrogens (tertiary/aromatic N) is 3. The lowest BCUT2D eigenvalue weighted by Crippen LogP contribution is -2.60. The number of methoxy groups -OCH3 is 1. The Balaban J connectivity index is 1.84. The maximum absolute atomic E-state index is 13.1. The number of hydrogen-bond donors (Lipinski definition) is 0. The zero-order valence-corrected chi connectivity index (χ0v) is 17.2. The van der Waals surface area contributed by atoms with E-state index in [4.69, 9.17) is 9.47 Å². The summed E-state index contributed by atoms with van der Waals surface area (Å²) in [5.74, 6) is -0.297. The minimum atomic E-state index is -0.834. The molecule has 30 heavy (non-hydrogen) atoms. The molecule has 0 unspecified atom stereocenters. The molecular formula is C21H25N3O6. The van der Waals surface area contributed by atoms with E-state index in [1.54, 1.807) is 11.0 Å². The van der Waals surface area contributed by atoms with Crippen LogP contribution in [0.5, 0.6) is 0 Å². The van der Waals surface area contributed by atoms with E-state index in [0.29, 0.717) is 18.7 Å². The lowest BCUT2D eigenvalue weighted by Gasteiger charge is -2.42. The topological polar surface area (TPSA) is 111 Å². The van der Waals surface area contributed by atoms with Crippen LogP contribution < -0.4 is 0 Å². The lowest BCUT2D eigenvalue weighted by molar-refractivity contribution is -0.384. The minimum absolute atomic E-state index is 0.00825. The highest BCUT2D eigenvalue weighted by Gasteiger charge is 2.57. The minimum Gasteiger partial charge on any atom is -0.483 e. The molecule has 9 heteroatoms. The smallest absolute Gasteiger partial charge is 0.338 e. The fourth-order valence-electron chi connectivity index (χ4n) is 4.11. The number of nitro groups is 1. The number of benzene rings is 1. The van der Waals surface area contributed by atoms with Crippen molar-refractivity contribution in [3.63, 3.8) is 0 Å². The van der Waals surface area contributed by atoms with Crippen LogP contribution in [-0.4, -0.2) is 58.9 Å². The second-order valence-corrected chi connectivity index (χ2v) is 7.84. The SMILES string of the molecule is C=CC[C@@]12C[C@@H](OC(=O)c3ccc([N+](=O)[O-])cc3)CN1C(=O)[C@@H](C(C)C)N=C2OC. The Hall–Kier alpha value is -3.23. The number of nitro benzene ring substituents is 1. The average molecular weight is 415 g/mol. The zero-order chi connectivity index (χ0) is 22.1. The van der Waals surface area contributed by atoms with Gasteiger partial charge in [0.05, 0.1) is 24.1 Å². The van der Waals surface area contributed by atoms with E-state index in [2.05, 4.69) is 11.6 Å². The molecule has 0 radical (unpaired) electrons. The van der Waals surface area contributed by atoms with Crippen LogP contribution >= 0.6 is 0 Å². The first-order valence-electron chi connectivity index (χ1n) is 9.73. The number of carbonyl (C=O) groups is 2. The zero-order valence-electron chi connectivity index (χ0n) is 17.2. The highest BCUT2D eigenvalue weighted by Crippen LogP contribution is 2.40. The molecule has 1 fully saturated rings. The molecule has 0 aromatic heterocycles. The normalized spacial score (nSPS) is 25.5. The fraction of sp³-hybridized carbons (Fsp3) is 0.476. The summed E-state index contributed by atoms with van der Waals surface area (Å²) in [5, 5.41) is 10.8. The van der Waals surface area contributed by atoms with Gasteiger partial charge in [-0.05, 0) is 24.5 Å². The standard InChI is InChI=1S/C21H25N3O6/c1-5-10-21-11-16(30-19(26)14-6-8-15(9-7-14)24(27)28)12-23(21)18(25)17(13(2)3)22-20(21)29-4/h5-9,13,16-17H,1,10-12H2,2-4H3/t16-,17-,21+/m1/s1. The Bertz CT molecular complexity index is 895. The van der Waals surface area contributed by atoms with Gasteiger partial charge < -0.3 is 14.4 Å². The number of ether oxygens (including phenoxy) is 2. The van der Waals surface area contributed by atoms with Gasteiger partial charge in [-0.15, -0.1) is 6.58 Å². The van der Waals surface area contributed by atoms with Crippen molar-refractivity contribution in [2.45, 2.75) is 44.4 Å². The second-order valence-electron chi connectivity index (χ2n) is 7.84. The van der Waals surface area contributed by atoms with Gasteiger partial charge in [0.1, 0.15) is 17.7 Å². The van der Waals surface area contributed by atoms with Crippen molar-refractivity contribution in [2.24, 2.45) is 10.9 Å². The van der Waals surface area contributed by atoms with Crippen molar-refractivity contribution in [3.05, 3.63) is 52.6 Å². The molecular weight excluding hydrogens is 390 g/mol. The molecule has 1 amide bonds. The van der Waals surface area contributed by atoms with Gasteiger partial charge in [-0.25, -0.2) is 9.79 Å². The van der Waals surface area contributed by atoms with Crippen LogP contribution in [0.15, 0.2) is 41.9 Å². The van der Waals surface area contributed by atoms with Crippen molar-refractivity contribution in [1.29, 1.82) is 0 Å². The summed E-state index contributed by atoms with van der Waals surface area (Å²) in [6, 6.07) is 4.65. The van der Waals surface area contributed by atoms with Gasteiger partial charge in [-0.2, -0.15) is 0 Å². The maximum Gasteiger partial charge on any atom is 0.338 e. The Morgan fingerprint density at radius 1 is 1.43 bits per heavy atom. The fourth-order valence-corrected chi connectivity index (χ4v) is 4.11. The number of aliphatic imine (C=N–C) groups is 1. The van der Waals surface area contributed by atoms with Gasteiger partial charge in [0.25, 0.3) is 5.69 Å². The molecule has 9 nitrogen and oxygen atoms in total. The summed E-state index contributed by atoms with van der Waals surface area (Å²) in [6.45, 7) is 7.86. The largest absolute Gasteiger partial charge is 0.483 e. The lowest BCUT2D eigenvalue weighted by atomic mass is 9.87. The van der Waals surface area contributed by atoms with Crippen LogP contribution in [0.1, 0.15) is 37.0 Å². The quantitative estimate of drug-likeness (QED) is 0.306. The van der Waals surface area contributed by atoms with Crippen molar-refractivity contribution in [1.82, 2.24) is 4.90 Å². The summed E-state index contributed by atoms with van der Waals surface area (Å²) in [7, 11) is 1.52. The maximum atomic E-state index is 13.1. The summed E-state index contributed by atoms with van der Waals surface area (Å²) in [5.41, 5.74) is -0.740. The van der Waals surface area contributed by atoms with Crippen LogP contribution in [0.3, 0.4) is 0 Å². The van der Waals surface area contributed by atoms with E-state index in [9.17, 15) is 19.7 Å². The van der Waals surface area contributed by atoms with Gasteiger partial charge in [0.2, 0.25) is 11.8 Å². The Kier molecular flexibility index (Phi) is 5.91. The van der Waals surface area contributed by atoms with E-state index >= 15 is 0 Å². The van der Waals surface area contributed by atoms with Crippen LogP contribution in [-0.2, 0) is 14.3 Å². The van der Waals surface area contributed by atoms with Gasteiger partial charge in [-0.1, -0.05) is 19.9 Å². The molecule has 160 valence electrons. The first-order valence-corrected chi connectivity index (χ1v) is 9.73. The second kappa shape index (κ2) is 8.25. The Morgan fingerprint density at radius 3 is 2.63 bits per heavy atom. The molecule has 1 aromatic carbocycles. The van der Waals surface area contributed by atoms with Gasteiger partial charge in [0, 0.05) is 18.6 Å². The number of esters is 1. The molecule has 0 aliphatic carbocycles. The van der Waals surface area contributed by atoms with Crippen LogP contribution in [0.4, 0.5) is 5.69 Å². The predicted molar refractivity (Wildman–Crippen MR) is 109 cm³/mol. The van der Waals surface area contributed by atoms with Crippen molar-refractivity contribution in [3.8, 4) is 0 Å². The van der Waals surface area contributed by atoms with Crippen molar-refractivity contribution < 1.29 is 24.0 Å². The number of carbonyl (C=O) groups excluding carboxylic acids is 2. The van der Waals surface area contributed by atoms with Crippen molar-refractivity contribution >= 4 is 23.5 Å². The third kappa shape index (κ3) is 3.67. The van der Waals surface area contributed by atoms with Gasteiger partial charge in [0.15, 0.2) is 0 Å². The number of rotatable bonds is 6. The van der Waals surface area contributed by atoms with Crippen LogP contribution in [0, 0.1) is 16.0 Å². The molecule has 2 heterocycles. The Morgan fingerprint density at radius 2 is 2.10 bits per heavy atom. The predicted octanol–water partition coefficient (Wildman–Crippen LogP) is 2.75. The first kappa shape index (κ1) is 21.5. The summed E-state index contributed by atoms with van der Waals surface area (Å²) >= 11 is 0. The highest BCUT2D eigenvalue weighted by molar-refractivity contribution is 5.99. The molecule has 0 bridgehead atoms. The molecule has 2 aliphatic rings. The molecule has 2 aliphatic heterocycles. The molecule has 1 saturated heterocycles. The van der Waals surface area contributed by atoms with Gasteiger partial charge >= 0.3 is 5.97 Å². The van der Waals surface area contributed by atoms with Crippen LogP contribution in [0.2, 0.25) is 0 Å². The van der Waals surface area contributed by atoms with Crippen molar-refractivity contribution in [2.75, 3.05) is 13.7 Å². The third-order valence-corrected chi connectivity index (χ3v) is 5.54. The monoisotopic (exact) mass is 415 g/mol. The highest BCUT2D eigenvalue weighted by atomic mass is 16.6. The molecule has 1 aromatic rings. The van der Waals surface area contributed by atoms with E-state index < -0.39 is 28.6 Å². The molecule has 0 saturated carbocycles. The molecule has 0 spiro atoms. The van der Waals surface area contributed by atoms with E-state index in [1.165, 1.54) is 31.4 Å².